The number of hydrogen-bond donors (Lipinski definition) is 1. The number of allylic oxidation sites excluding steroid dienone is 1. The smallest absolute Gasteiger partial charge is 0.243 e. The maximum atomic E-state index is 6.44. The molecule has 0 atom stereocenters. The average molecular weight is 455 g/mol. The van der Waals surface area contributed by atoms with Gasteiger partial charge in [0.05, 0.1) is 18.7 Å². The molecule has 0 fully saturated rings. The summed E-state index contributed by atoms with van der Waals surface area (Å²) in [6, 6.07) is 8.88. The van der Waals surface area contributed by atoms with E-state index in [-0.39, 0.29) is 6.61 Å². The zero-order valence-electron chi connectivity index (χ0n) is 15.5. The first-order chi connectivity index (χ1) is 14.0. The number of ether oxygens (including phenoxy) is 2. The minimum atomic E-state index is 0.155. The van der Waals surface area contributed by atoms with Crippen LogP contribution in [0.1, 0.15) is 11.1 Å². The van der Waals surface area contributed by atoms with Gasteiger partial charge in [-0.1, -0.05) is 52.0 Å². The van der Waals surface area contributed by atoms with E-state index in [1.807, 2.05) is 6.07 Å². The van der Waals surface area contributed by atoms with E-state index in [0.29, 0.717) is 51.2 Å². The van der Waals surface area contributed by atoms with Gasteiger partial charge in [0.15, 0.2) is 11.5 Å². The van der Waals surface area contributed by atoms with Gasteiger partial charge in [-0.05, 0) is 40.3 Å². The Labute approximate surface area is 183 Å². The number of tetrazole rings is 1. The van der Waals surface area contributed by atoms with Gasteiger partial charge >= 0.3 is 0 Å². The van der Waals surface area contributed by atoms with E-state index < -0.39 is 0 Å². The Morgan fingerprint density at radius 3 is 2.62 bits per heavy atom. The highest BCUT2D eigenvalue weighted by Crippen LogP contribution is 2.38. The second-order valence-electron chi connectivity index (χ2n) is 5.92. The quantitative estimate of drug-likeness (QED) is 0.458. The van der Waals surface area contributed by atoms with Crippen LogP contribution in [-0.4, -0.2) is 27.3 Å². The summed E-state index contributed by atoms with van der Waals surface area (Å²) in [5.41, 5.74) is 1.54. The van der Waals surface area contributed by atoms with E-state index in [0.717, 1.165) is 5.56 Å². The fourth-order valence-corrected chi connectivity index (χ4v) is 3.38. The predicted octanol–water partition coefficient (Wildman–Crippen LogP) is 5.02. The molecule has 10 heteroatoms. The zero-order valence-corrected chi connectivity index (χ0v) is 17.8. The first-order valence-corrected chi connectivity index (χ1v) is 9.70. The molecule has 0 bridgehead atoms. The molecule has 2 aromatic carbocycles. The summed E-state index contributed by atoms with van der Waals surface area (Å²) < 4.78 is 12.9. The minimum Gasteiger partial charge on any atom is -0.493 e. The van der Waals surface area contributed by atoms with Crippen LogP contribution in [0, 0.1) is 0 Å². The van der Waals surface area contributed by atoms with Crippen molar-refractivity contribution in [1.29, 1.82) is 0 Å². The van der Waals surface area contributed by atoms with Crippen LogP contribution in [0.3, 0.4) is 0 Å². The highest BCUT2D eigenvalue weighted by Gasteiger charge is 2.15. The van der Waals surface area contributed by atoms with Crippen LogP contribution in [0.4, 0.5) is 5.95 Å². The third kappa shape index (κ3) is 5.12. The largest absolute Gasteiger partial charge is 0.493 e. The van der Waals surface area contributed by atoms with E-state index >= 15 is 0 Å². The lowest BCUT2D eigenvalue weighted by Gasteiger charge is -2.15. The van der Waals surface area contributed by atoms with Crippen molar-refractivity contribution in [3.05, 3.63) is 69.2 Å². The lowest BCUT2D eigenvalue weighted by Crippen LogP contribution is -2.08. The normalized spacial score (nSPS) is 10.6. The highest BCUT2D eigenvalue weighted by atomic mass is 35.5. The fraction of sp³-hybridized carbons (Fsp3) is 0.211. The van der Waals surface area contributed by atoms with Crippen molar-refractivity contribution in [1.82, 2.24) is 20.2 Å². The molecule has 0 aliphatic rings. The third-order valence-electron chi connectivity index (χ3n) is 4.00. The van der Waals surface area contributed by atoms with Crippen molar-refractivity contribution in [2.45, 2.75) is 19.7 Å². The second kappa shape index (κ2) is 9.82. The summed E-state index contributed by atoms with van der Waals surface area (Å²) in [6.45, 7) is 4.77. The summed E-state index contributed by atoms with van der Waals surface area (Å²) in [6.07, 6.45) is 1.71. The Balaban J connectivity index is 1.75. The molecule has 0 radical (unpaired) electrons. The molecule has 29 heavy (non-hydrogen) atoms. The van der Waals surface area contributed by atoms with Crippen molar-refractivity contribution in [2.24, 2.45) is 0 Å². The molecule has 1 N–H and O–H groups in total. The monoisotopic (exact) mass is 453 g/mol. The van der Waals surface area contributed by atoms with Gasteiger partial charge in [-0.2, -0.15) is 0 Å². The maximum Gasteiger partial charge on any atom is 0.243 e. The van der Waals surface area contributed by atoms with Crippen LogP contribution in [-0.2, 0) is 19.7 Å². The lowest BCUT2D eigenvalue weighted by atomic mass is 10.2. The maximum absolute atomic E-state index is 6.44. The van der Waals surface area contributed by atoms with E-state index in [2.05, 4.69) is 27.4 Å². The van der Waals surface area contributed by atoms with Crippen LogP contribution in [0.2, 0.25) is 15.1 Å². The number of halogens is 3. The van der Waals surface area contributed by atoms with E-state index in [1.165, 1.54) is 0 Å². The summed E-state index contributed by atoms with van der Waals surface area (Å²) in [5.74, 6) is 1.42. The third-order valence-corrected chi connectivity index (χ3v) is 4.99. The second-order valence-corrected chi connectivity index (χ2v) is 7.15. The summed E-state index contributed by atoms with van der Waals surface area (Å²) in [4.78, 5) is 0. The molecule has 3 rings (SSSR count). The number of methoxy groups -OCH3 is 1. The molecule has 0 amide bonds. The molecule has 0 aliphatic heterocycles. The van der Waals surface area contributed by atoms with Gasteiger partial charge in [0.25, 0.3) is 0 Å². The van der Waals surface area contributed by atoms with Crippen molar-refractivity contribution in [3.63, 3.8) is 0 Å². The standard InChI is InChI=1S/C19H18Cl3N5O2/c1-3-7-27-19(24-25-26-27)23-10-12-8-16(22)18(17(9-12)28-2)29-11-13-14(20)5-4-6-15(13)21/h3-6,8-9H,1,7,10-11H2,2H3,(H,23,24,26). The number of anilines is 1. The lowest BCUT2D eigenvalue weighted by molar-refractivity contribution is 0.284. The van der Waals surface area contributed by atoms with Crippen molar-refractivity contribution in [2.75, 3.05) is 12.4 Å². The summed E-state index contributed by atoms with van der Waals surface area (Å²) in [5, 5.41) is 16.1. The fourth-order valence-electron chi connectivity index (χ4n) is 2.59. The molecular weight excluding hydrogens is 437 g/mol. The van der Waals surface area contributed by atoms with Gasteiger partial charge in [0.2, 0.25) is 5.95 Å². The summed E-state index contributed by atoms with van der Waals surface area (Å²) in [7, 11) is 1.54. The number of benzene rings is 2. The van der Waals surface area contributed by atoms with Crippen molar-refractivity contribution in [3.8, 4) is 11.5 Å². The summed E-state index contributed by atoms with van der Waals surface area (Å²) >= 11 is 18.8. The van der Waals surface area contributed by atoms with Gasteiger partial charge in [0, 0.05) is 22.2 Å². The van der Waals surface area contributed by atoms with Crippen LogP contribution in [0.5, 0.6) is 11.5 Å². The van der Waals surface area contributed by atoms with Gasteiger partial charge in [-0.25, -0.2) is 4.68 Å². The SMILES string of the molecule is C=CCn1nnnc1NCc1cc(Cl)c(OCc2c(Cl)cccc2Cl)c(OC)c1. The van der Waals surface area contributed by atoms with Crippen LogP contribution < -0.4 is 14.8 Å². The van der Waals surface area contributed by atoms with Crippen molar-refractivity contribution >= 4 is 40.8 Å². The Bertz CT molecular complexity index is 989. The van der Waals surface area contributed by atoms with Crippen molar-refractivity contribution < 1.29 is 9.47 Å². The predicted molar refractivity (Wildman–Crippen MR) is 114 cm³/mol. The van der Waals surface area contributed by atoms with E-state index in [9.17, 15) is 0 Å². The van der Waals surface area contributed by atoms with Crippen LogP contribution in [0.25, 0.3) is 0 Å². The van der Waals surface area contributed by atoms with Gasteiger partial charge in [0.1, 0.15) is 6.61 Å². The number of nitrogens with one attached hydrogen (secondary N) is 1. The Hall–Kier alpha value is -2.48. The molecule has 3 aromatic rings. The molecule has 7 nitrogen and oxygen atoms in total. The molecular formula is C19H18Cl3N5O2. The number of rotatable bonds is 9. The molecule has 152 valence electrons. The van der Waals surface area contributed by atoms with E-state index in [1.54, 1.807) is 42.1 Å². The molecule has 0 unspecified atom stereocenters. The first kappa shape index (κ1) is 21.2. The zero-order chi connectivity index (χ0) is 20.8. The average Bonchev–Trinajstić information content (AvgIpc) is 3.14. The Morgan fingerprint density at radius 2 is 1.93 bits per heavy atom. The molecule has 0 saturated carbocycles. The minimum absolute atomic E-state index is 0.155. The van der Waals surface area contributed by atoms with Crippen LogP contribution in [0.15, 0.2) is 43.0 Å². The number of aromatic nitrogens is 4. The molecule has 0 saturated heterocycles. The van der Waals surface area contributed by atoms with Gasteiger partial charge in [-0.3, -0.25) is 0 Å². The first-order valence-electron chi connectivity index (χ1n) is 8.56. The number of nitrogens with zero attached hydrogens (tertiary/aromatic N) is 4. The van der Waals surface area contributed by atoms with Crippen LogP contribution >= 0.6 is 34.8 Å². The highest BCUT2D eigenvalue weighted by molar-refractivity contribution is 6.36. The van der Waals surface area contributed by atoms with E-state index in [4.69, 9.17) is 44.3 Å². The topological polar surface area (TPSA) is 74.1 Å². The molecule has 0 aliphatic carbocycles. The molecule has 1 heterocycles. The van der Waals surface area contributed by atoms with Gasteiger partial charge < -0.3 is 14.8 Å². The molecule has 1 aromatic heterocycles. The Kier molecular flexibility index (Phi) is 7.19. The number of hydrogen-bond acceptors (Lipinski definition) is 6. The van der Waals surface area contributed by atoms with Gasteiger partial charge in [-0.15, -0.1) is 6.58 Å². The molecule has 0 spiro atoms. The Morgan fingerprint density at radius 1 is 1.17 bits per heavy atom.